The van der Waals surface area contributed by atoms with Crippen molar-refractivity contribution in [2.75, 3.05) is 13.1 Å². The summed E-state index contributed by atoms with van der Waals surface area (Å²) in [6.45, 7) is 1.24. The lowest BCUT2D eigenvalue weighted by atomic mass is 9.90. The molecule has 0 bridgehead atoms. The van der Waals surface area contributed by atoms with Crippen molar-refractivity contribution in [3.8, 4) is 0 Å². The third-order valence-corrected chi connectivity index (χ3v) is 4.30. The van der Waals surface area contributed by atoms with Crippen molar-refractivity contribution < 1.29 is 9.59 Å². The van der Waals surface area contributed by atoms with Crippen LogP contribution in [0.4, 0.5) is 0 Å². The molecule has 4 heteroatoms. The molecule has 4 nitrogen and oxygen atoms in total. The van der Waals surface area contributed by atoms with E-state index in [1.807, 2.05) is 65.2 Å². The van der Waals surface area contributed by atoms with Crippen LogP contribution in [0.5, 0.6) is 0 Å². The van der Waals surface area contributed by atoms with Crippen LogP contribution in [0.3, 0.4) is 0 Å². The molecular formula is C18H20N2O2. The lowest BCUT2D eigenvalue weighted by Gasteiger charge is -2.32. The number of aromatic nitrogens is 1. The molecule has 1 aromatic carbocycles. The van der Waals surface area contributed by atoms with Gasteiger partial charge in [0.15, 0.2) is 5.78 Å². The minimum Gasteiger partial charge on any atom is -0.347 e. The van der Waals surface area contributed by atoms with Gasteiger partial charge in [0, 0.05) is 37.8 Å². The third-order valence-electron chi connectivity index (χ3n) is 4.30. The maximum atomic E-state index is 12.6. The molecule has 2 heterocycles. The first-order valence-corrected chi connectivity index (χ1v) is 7.66. The Morgan fingerprint density at radius 1 is 1.09 bits per heavy atom. The lowest BCUT2D eigenvalue weighted by Crippen LogP contribution is -2.42. The molecule has 114 valence electrons. The van der Waals surface area contributed by atoms with Gasteiger partial charge in [0.25, 0.3) is 5.91 Å². The quantitative estimate of drug-likeness (QED) is 0.817. The zero-order chi connectivity index (χ0) is 15.5. The Hall–Kier alpha value is -2.36. The average molecular weight is 296 g/mol. The van der Waals surface area contributed by atoms with Crippen LogP contribution in [0.25, 0.3) is 0 Å². The first-order chi connectivity index (χ1) is 10.7. The minimum atomic E-state index is -0.0969. The largest absolute Gasteiger partial charge is 0.347 e. The predicted molar refractivity (Wildman–Crippen MR) is 84.8 cm³/mol. The van der Waals surface area contributed by atoms with E-state index in [1.165, 1.54) is 0 Å². The van der Waals surface area contributed by atoms with Crippen molar-refractivity contribution in [1.82, 2.24) is 9.47 Å². The van der Waals surface area contributed by atoms with Gasteiger partial charge in [-0.3, -0.25) is 9.59 Å². The third kappa shape index (κ3) is 2.82. The van der Waals surface area contributed by atoms with E-state index < -0.39 is 0 Å². The molecule has 0 radical (unpaired) electrons. The van der Waals surface area contributed by atoms with Crippen molar-refractivity contribution in [3.05, 3.63) is 59.9 Å². The second kappa shape index (κ2) is 6.18. The molecule has 1 aliphatic heterocycles. The van der Waals surface area contributed by atoms with Crippen LogP contribution >= 0.6 is 0 Å². The van der Waals surface area contributed by atoms with E-state index in [-0.39, 0.29) is 17.6 Å². The number of hydrogen-bond acceptors (Lipinski definition) is 2. The molecule has 22 heavy (non-hydrogen) atoms. The van der Waals surface area contributed by atoms with Crippen LogP contribution in [-0.2, 0) is 7.05 Å². The predicted octanol–water partition coefficient (Wildman–Crippen LogP) is 2.76. The number of hydrogen-bond donors (Lipinski definition) is 0. The molecule has 1 atom stereocenters. The highest BCUT2D eigenvalue weighted by atomic mass is 16.2. The first-order valence-electron chi connectivity index (χ1n) is 7.66. The number of piperidine rings is 1. The van der Waals surface area contributed by atoms with Gasteiger partial charge < -0.3 is 9.47 Å². The normalized spacial score (nSPS) is 18.2. The number of amides is 1. The number of rotatable bonds is 3. The van der Waals surface area contributed by atoms with Gasteiger partial charge in [-0.15, -0.1) is 0 Å². The highest BCUT2D eigenvalue weighted by molar-refractivity contribution is 5.99. The molecule has 1 amide bonds. The SMILES string of the molecule is Cn1cccc1C(=O)N1CCC[C@H](C(=O)c2ccccc2)C1. The number of carbonyl (C=O) groups is 2. The fourth-order valence-corrected chi connectivity index (χ4v) is 3.06. The summed E-state index contributed by atoms with van der Waals surface area (Å²) in [6.07, 6.45) is 3.59. The molecule has 3 rings (SSSR count). The molecule has 1 aromatic heterocycles. The van der Waals surface area contributed by atoms with Crippen LogP contribution in [0.1, 0.15) is 33.7 Å². The summed E-state index contributed by atoms with van der Waals surface area (Å²) in [5, 5.41) is 0. The van der Waals surface area contributed by atoms with Gasteiger partial charge in [-0.2, -0.15) is 0 Å². The molecule has 0 N–H and O–H groups in total. The van der Waals surface area contributed by atoms with Gasteiger partial charge in [0.1, 0.15) is 5.69 Å². The highest BCUT2D eigenvalue weighted by Crippen LogP contribution is 2.22. The number of ketones is 1. The number of carbonyl (C=O) groups excluding carboxylic acids is 2. The second-order valence-corrected chi connectivity index (χ2v) is 5.82. The smallest absolute Gasteiger partial charge is 0.270 e. The van der Waals surface area contributed by atoms with Gasteiger partial charge in [0.05, 0.1) is 0 Å². The minimum absolute atomic E-state index is 0.0121. The van der Waals surface area contributed by atoms with Crippen LogP contribution in [-0.4, -0.2) is 34.2 Å². The van der Waals surface area contributed by atoms with Gasteiger partial charge in [0.2, 0.25) is 0 Å². The van der Waals surface area contributed by atoms with E-state index in [0.717, 1.165) is 24.9 Å². The van der Waals surface area contributed by atoms with E-state index in [9.17, 15) is 9.59 Å². The van der Waals surface area contributed by atoms with Crippen molar-refractivity contribution in [1.29, 1.82) is 0 Å². The van der Waals surface area contributed by atoms with Crippen molar-refractivity contribution >= 4 is 11.7 Å². The van der Waals surface area contributed by atoms with Gasteiger partial charge in [-0.1, -0.05) is 30.3 Å². The van der Waals surface area contributed by atoms with Crippen LogP contribution < -0.4 is 0 Å². The Labute approximate surface area is 130 Å². The summed E-state index contributed by atoms with van der Waals surface area (Å²) in [5.41, 5.74) is 1.41. The number of nitrogens with zero attached hydrogens (tertiary/aromatic N) is 2. The summed E-state index contributed by atoms with van der Waals surface area (Å²) < 4.78 is 1.82. The van der Waals surface area contributed by atoms with Crippen molar-refractivity contribution in [2.24, 2.45) is 13.0 Å². The maximum absolute atomic E-state index is 12.6. The van der Waals surface area contributed by atoms with Gasteiger partial charge in [-0.25, -0.2) is 0 Å². The van der Waals surface area contributed by atoms with E-state index in [4.69, 9.17) is 0 Å². The monoisotopic (exact) mass is 296 g/mol. The molecule has 1 aliphatic rings. The summed E-state index contributed by atoms with van der Waals surface area (Å²) in [7, 11) is 1.86. The molecule has 0 spiro atoms. The standard InChI is InChI=1S/C18H20N2O2/c1-19-11-6-10-16(19)18(22)20-12-5-9-15(13-20)17(21)14-7-3-2-4-8-14/h2-4,6-8,10-11,15H,5,9,12-13H2,1H3/t15-/m0/s1. The Bertz CT molecular complexity index is 675. The summed E-state index contributed by atoms with van der Waals surface area (Å²) >= 11 is 0. The van der Waals surface area contributed by atoms with Gasteiger partial charge in [-0.05, 0) is 25.0 Å². The Balaban J connectivity index is 1.73. The van der Waals surface area contributed by atoms with Crippen LogP contribution in [0.15, 0.2) is 48.7 Å². The van der Waals surface area contributed by atoms with Crippen LogP contribution in [0, 0.1) is 5.92 Å². The topological polar surface area (TPSA) is 42.3 Å². The maximum Gasteiger partial charge on any atom is 0.270 e. The lowest BCUT2D eigenvalue weighted by molar-refractivity contribution is 0.0629. The molecule has 1 fully saturated rings. The summed E-state index contributed by atoms with van der Waals surface area (Å²) in [6, 6.07) is 13.0. The number of Topliss-reactive ketones (excluding diaryl/α,β-unsaturated/α-hetero) is 1. The highest BCUT2D eigenvalue weighted by Gasteiger charge is 2.30. The molecule has 0 saturated carbocycles. The summed E-state index contributed by atoms with van der Waals surface area (Å²) in [5.74, 6) is 0.0587. The molecule has 1 saturated heterocycles. The van der Waals surface area contributed by atoms with E-state index >= 15 is 0 Å². The van der Waals surface area contributed by atoms with E-state index in [2.05, 4.69) is 0 Å². The Kier molecular flexibility index (Phi) is 4.09. The molecule has 0 unspecified atom stereocenters. The fourth-order valence-electron chi connectivity index (χ4n) is 3.06. The van der Waals surface area contributed by atoms with E-state index in [0.29, 0.717) is 12.2 Å². The zero-order valence-corrected chi connectivity index (χ0v) is 12.7. The number of benzene rings is 1. The first kappa shape index (κ1) is 14.6. The Morgan fingerprint density at radius 3 is 2.55 bits per heavy atom. The summed E-state index contributed by atoms with van der Waals surface area (Å²) in [4.78, 5) is 27.0. The average Bonchev–Trinajstić information content (AvgIpc) is 3.00. The second-order valence-electron chi connectivity index (χ2n) is 5.82. The fraction of sp³-hybridized carbons (Fsp3) is 0.333. The molecular weight excluding hydrogens is 276 g/mol. The van der Waals surface area contributed by atoms with Crippen molar-refractivity contribution in [2.45, 2.75) is 12.8 Å². The molecule has 0 aliphatic carbocycles. The van der Waals surface area contributed by atoms with E-state index in [1.54, 1.807) is 0 Å². The Morgan fingerprint density at radius 2 is 1.86 bits per heavy atom. The van der Waals surface area contributed by atoms with Crippen molar-refractivity contribution in [3.63, 3.8) is 0 Å². The number of aryl methyl sites for hydroxylation is 1. The number of likely N-dealkylation sites (tertiary alicyclic amines) is 1. The zero-order valence-electron chi connectivity index (χ0n) is 12.7. The van der Waals surface area contributed by atoms with Crippen LogP contribution in [0.2, 0.25) is 0 Å². The molecule has 2 aromatic rings. The van der Waals surface area contributed by atoms with Gasteiger partial charge >= 0.3 is 0 Å².